The summed E-state index contributed by atoms with van der Waals surface area (Å²) in [5, 5.41) is 3.50. The van der Waals surface area contributed by atoms with Crippen molar-refractivity contribution < 1.29 is 0 Å². The van der Waals surface area contributed by atoms with Crippen LogP contribution in [0, 0.1) is 10.5 Å². The summed E-state index contributed by atoms with van der Waals surface area (Å²) in [6, 6.07) is 10.9. The molecule has 0 saturated heterocycles. The van der Waals surface area contributed by atoms with Crippen LogP contribution in [0.1, 0.15) is 30.0 Å². The van der Waals surface area contributed by atoms with E-state index < -0.39 is 0 Å². The Hall–Kier alpha value is -1.01. The molecule has 0 fully saturated rings. The van der Waals surface area contributed by atoms with Gasteiger partial charge in [0.15, 0.2) is 0 Å². The lowest BCUT2D eigenvalue weighted by Gasteiger charge is -2.17. The third-order valence-corrected chi connectivity index (χ3v) is 3.68. The van der Waals surface area contributed by atoms with E-state index in [1.807, 2.05) is 19.2 Å². The third kappa shape index (κ3) is 4.24. The first-order valence-electron chi connectivity index (χ1n) is 6.46. The molecule has 0 aliphatic carbocycles. The van der Waals surface area contributed by atoms with E-state index in [9.17, 15) is 0 Å². The van der Waals surface area contributed by atoms with E-state index >= 15 is 0 Å². The minimum absolute atomic E-state index is 0.242. The molecular weight excluding hydrogens is 349 g/mol. The first-order valence-corrected chi connectivity index (χ1v) is 7.54. The van der Waals surface area contributed by atoms with Crippen LogP contribution in [0.4, 0.5) is 0 Å². The van der Waals surface area contributed by atoms with Crippen LogP contribution >= 0.6 is 22.6 Å². The second kappa shape index (κ2) is 6.96. The van der Waals surface area contributed by atoms with Crippen LogP contribution in [0.5, 0.6) is 0 Å². The normalized spacial score (nSPS) is 12.4. The fourth-order valence-electron chi connectivity index (χ4n) is 2.05. The van der Waals surface area contributed by atoms with E-state index in [1.165, 1.54) is 9.13 Å². The second-order valence-electron chi connectivity index (χ2n) is 4.47. The number of aromatic nitrogens is 2. The predicted octanol–water partition coefficient (Wildman–Crippen LogP) is 3.28. The number of benzene rings is 1. The van der Waals surface area contributed by atoms with Gasteiger partial charge >= 0.3 is 0 Å². The molecule has 2 rings (SSSR count). The van der Waals surface area contributed by atoms with Gasteiger partial charge in [0.25, 0.3) is 0 Å². The van der Waals surface area contributed by atoms with Gasteiger partial charge in [-0.2, -0.15) is 0 Å². The van der Waals surface area contributed by atoms with Crippen molar-refractivity contribution in [2.75, 3.05) is 6.54 Å². The fourth-order valence-corrected chi connectivity index (χ4v) is 2.41. The van der Waals surface area contributed by atoms with Crippen molar-refractivity contribution in [3.63, 3.8) is 0 Å². The number of aryl methyl sites for hydroxylation is 1. The summed E-state index contributed by atoms with van der Waals surface area (Å²) >= 11 is 2.33. The largest absolute Gasteiger partial charge is 0.309 e. The summed E-state index contributed by atoms with van der Waals surface area (Å²) in [5.74, 6) is 0.822. The molecule has 1 unspecified atom stereocenters. The molecule has 1 aromatic heterocycles. The van der Waals surface area contributed by atoms with Gasteiger partial charge in [-0.1, -0.05) is 19.1 Å². The van der Waals surface area contributed by atoms with E-state index in [0.717, 1.165) is 24.5 Å². The maximum absolute atomic E-state index is 4.53. The molecule has 0 amide bonds. The van der Waals surface area contributed by atoms with Crippen LogP contribution in [0.15, 0.2) is 36.5 Å². The Kier molecular flexibility index (Phi) is 5.27. The number of nitrogens with one attached hydrogen (secondary N) is 1. The molecule has 0 saturated carbocycles. The van der Waals surface area contributed by atoms with E-state index in [2.05, 4.69) is 69.1 Å². The zero-order valence-corrected chi connectivity index (χ0v) is 13.4. The lowest BCUT2D eigenvalue weighted by Crippen LogP contribution is -2.24. The molecule has 1 heterocycles. The van der Waals surface area contributed by atoms with E-state index in [1.54, 1.807) is 0 Å². The second-order valence-corrected chi connectivity index (χ2v) is 5.72. The topological polar surface area (TPSA) is 37.8 Å². The zero-order valence-electron chi connectivity index (χ0n) is 11.2. The van der Waals surface area contributed by atoms with Gasteiger partial charge in [-0.25, -0.2) is 9.97 Å². The Morgan fingerprint density at radius 1 is 1.21 bits per heavy atom. The highest BCUT2D eigenvalue weighted by Gasteiger charge is 2.12. The van der Waals surface area contributed by atoms with Gasteiger partial charge in [0, 0.05) is 9.77 Å². The monoisotopic (exact) mass is 367 g/mol. The van der Waals surface area contributed by atoms with E-state index in [-0.39, 0.29) is 6.04 Å². The molecule has 3 nitrogen and oxygen atoms in total. The van der Waals surface area contributed by atoms with Crippen LogP contribution in [0.25, 0.3) is 0 Å². The van der Waals surface area contributed by atoms with E-state index in [0.29, 0.717) is 0 Å². The van der Waals surface area contributed by atoms with Crippen molar-refractivity contribution in [2.45, 2.75) is 26.3 Å². The molecular formula is C15H18IN3. The smallest absolute Gasteiger partial charge is 0.125 e. The van der Waals surface area contributed by atoms with Crippen LogP contribution in [0.2, 0.25) is 0 Å². The van der Waals surface area contributed by atoms with Crippen molar-refractivity contribution in [1.82, 2.24) is 15.3 Å². The Morgan fingerprint density at radius 2 is 1.95 bits per heavy atom. The standard InChI is InChI=1S/C15H18IN3/c1-3-17-15(14-8-9-18-11(2)19-14)10-12-4-6-13(16)7-5-12/h4-9,15,17H,3,10H2,1-2H3. The number of nitrogens with zero attached hydrogens (tertiary/aromatic N) is 2. The minimum Gasteiger partial charge on any atom is -0.309 e. The average Bonchev–Trinajstić information content (AvgIpc) is 2.41. The number of halogens is 1. The molecule has 0 bridgehead atoms. The maximum Gasteiger partial charge on any atom is 0.125 e. The summed E-state index contributed by atoms with van der Waals surface area (Å²) in [4.78, 5) is 8.69. The SMILES string of the molecule is CCNC(Cc1ccc(I)cc1)c1ccnc(C)n1. The third-order valence-electron chi connectivity index (χ3n) is 2.96. The van der Waals surface area contributed by atoms with Gasteiger partial charge in [-0.05, 0) is 66.2 Å². The van der Waals surface area contributed by atoms with Gasteiger partial charge in [-0.15, -0.1) is 0 Å². The first kappa shape index (κ1) is 14.4. The van der Waals surface area contributed by atoms with Crippen LogP contribution in [0.3, 0.4) is 0 Å². The molecule has 4 heteroatoms. The molecule has 19 heavy (non-hydrogen) atoms. The molecule has 0 aliphatic rings. The Labute approximate surface area is 128 Å². The maximum atomic E-state index is 4.53. The van der Waals surface area contributed by atoms with Gasteiger partial charge < -0.3 is 5.32 Å². The van der Waals surface area contributed by atoms with Crippen molar-refractivity contribution in [3.05, 3.63) is 57.2 Å². The quantitative estimate of drug-likeness (QED) is 0.825. The van der Waals surface area contributed by atoms with E-state index in [4.69, 9.17) is 0 Å². The molecule has 1 aromatic carbocycles. The van der Waals surface area contributed by atoms with Crippen LogP contribution in [-0.2, 0) is 6.42 Å². The molecule has 0 aliphatic heterocycles. The fraction of sp³-hybridized carbons (Fsp3) is 0.333. The van der Waals surface area contributed by atoms with Crippen molar-refractivity contribution >= 4 is 22.6 Å². The predicted molar refractivity (Wildman–Crippen MR) is 86.0 cm³/mol. The molecule has 0 spiro atoms. The van der Waals surface area contributed by atoms with Crippen molar-refractivity contribution in [3.8, 4) is 0 Å². The van der Waals surface area contributed by atoms with Gasteiger partial charge in [0.1, 0.15) is 5.82 Å². The van der Waals surface area contributed by atoms with Gasteiger partial charge in [-0.3, -0.25) is 0 Å². The molecule has 0 radical (unpaired) electrons. The Morgan fingerprint density at radius 3 is 2.58 bits per heavy atom. The highest BCUT2D eigenvalue weighted by Crippen LogP contribution is 2.17. The first-order chi connectivity index (χ1) is 9.19. The van der Waals surface area contributed by atoms with Gasteiger partial charge in [0.05, 0.1) is 11.7 Å². The Balaban J connectivity index is 2.18. The van der Waals surface area contributed by atoms with Crippen molar-refractivity contribution in [1.29, 1.82) is 0 Å². The highest BCUT2D eigenvalue weighted by atomic mass is 127. The highest BCUT2D eigenvalue weighted by molar-refractivity contribution is 14.1. The summed E-state index contributed by atoms with van der Waals surface area (Å²) in [6.45, 7) is 4.98. The number of likely N-dealkylation sites (N-methyl/N-ethyl adjacent to an activating group) is 1. The lowest BCUT2D eigenvalue weighted by molar-refractivity contribution is 0.534. The molecule has 1 atom stereocenters. The molecule has 100 valence electrons. The zero-order chi connectivity index (χ0) is 13.7. The van der Waals surface area contributed by atoms with Gasteiger partial charge in [0.2, 0.25) is 0 Å². The lowest BCUT2D eigenvalue weighted by atomic mass is 10.0. The summed E-state index contributed by atoms with van der Waals surface area (Å²) in [5.41, 5.74) is 2.38. The summed E-state index contributed by atoms with van der Waals surface area (Å²) in [7, 11) is 0. The molecule has 1 N–H and O–H groups in total. The van der Waals surface area contributed by atoms with Crippen LogP contribution in [-0.4, -0.2) is 16.5 Å². The number of hydrogen-bond donors (Lipinski definition) is 1. The minimum atomic E-state index is 0.242. The summed E-state index contributed by atoms with van der Waals surface area (Å²) < 4.78 is 1.26. The average molecular weight is 367 g/mol. The summed E-state index contributed by atoms with van der Waals surface area (Å²) in [6.07, 6.45) is 2.77. The Bertz CT molecular complexity index is 525. The number of rotatable bonds is 5. The van der Waals surface area contributed by atoms with Crippen molar-refractivity contribution in [2.24, 2.45) is 0 Å². The number of hydrogen-bond acceptors (Lipinski definition) is 3. The molecule has 2 aromatic rings. The van der Waals surface area contributed by atoms with Crippen LogP contribution < -0.4 is 5.32 Å².